The fourth-order valence-corrected chi connectivity index (χ4v) is 4.88. The van der Waals surface area contributed by atoms with E-state index in [0.29, 0.717) is 4.31 Å². The lowest BCUT2D eigenvalue weighted by atomic mass is 10.2. The predicted molar refractivity (Wildman–Crippen MR) is 114 cm³/mol. The van der Waals surface area contributed by atoms with E-state index >= 15 is 0 Å². The molecular formula is C22H18FN3O4S. The molecule has 1 heterocycles. The largest absolute Gasteiger partial charge is 0.350 e. The smallest absolute Gasteiger partial charge is 0.343 e. The third-order valence-corrected chi connectivity index (χ3v) is 6.52. The molecule has 0 atom stereocenters. The van der Waals surface area contributed by atoms with Gasteiger partial charge in [-0.05, 0) is 42.0 Å². The van der Waals surface area contributed by atoms with Crippen molar-refractivity contribution in [2.45, 2.75) is 11.4 Å². The fourth-order valence-electron chi connectivity index (χ4n) is 3.29. The third-order valence-electron chi connectivity index (χ3n) is 4.77. The van der Waals surface area contributed by atoms with E-state index in [0.717, 1.165) is 22.6 Å². The van der Waals surface area contributed by atoms with E-state index < -0.39 is 27.8 Å². The molecule has 1 aliphatic rings. The van der Waals surface area contributed by atoms with Crippen molar-refractivity contribution in [1.29, 1.82) is 0 Å². The van der Waals surface area contributed by atoms with E-state index in [2.05, 4.69) is 5.32 Å². The van der Waals surface area contributed by atoms with Crippen LogP contribution < -0.4 is 14.5 Å². The van der Waals surface area contributed by atoms with Crippen LogP contribution in [0.3, 0.4) is 0 Å². The highest BCUT2D eigenvalue weighted by Gasteiger charge is 2.42. The fraction of sp³-hybridized carbons (Fsp3) is 0.0909. The molecule has 0 aromatic heterocycles. The zero-order valence-corrected chi connectivity index (χ0v) is 17.0. The van der Waals surface area contributed by atoms with E-state index in [4.69, 9.17) is 0 Å². The number of nitrogens with one attached hydrogen (secondary N) is 1. The average Bonchev–Trinajstić information content (AvgIpc) is 2.77. The van der Waals surface area contributed by atoms with Gasteiger partial charge in [-0.1, -0.05) is 42.5 Å². The molecule has 0 aliphatic carbocycles. The molecule has 9 heteroatoms. The van der Waals surface area contributed by atoms with Gasteiger partial charge in [0.1, 0.15) is 17.3 Å². The minimum Gasteiger partial charge on any atom is -0.350 e. The number of sulfonamides is 1. The maximum Gasteiger partial charge on any atom is 0.343 e. The van der Waals surface area contributed by atoms with Gasteiger partial charge in [-0.25, -0.2) is 17.6 Å². The van der Waals surface area contributed by atoms with Crippen molar-refractivity contribution in [2.24, 2.45) is 0 Å². The number of benzene rings is 3. The Bertz CT molecular complexity index is 1230. The normalized spacial score (nSPS) is 14.8. The lowest BCUT2D eigenvalue weighted by molar-refractivity contribution is -0.119. The SMILES string of the molecule is O=C(CN1C(=O)N(c2ccc(F)cc2)S(=O)(=O)c2ccccc21)NCc1ccccc1. The third kappa shape index (κ3) is 3.99. The van der Waals surface area contributed by atoms with Crippen molar-refractivity contribution < 1.29 is 22.4 Å². The monoisotopic (exact) mass is 439 g/mol. The Balaban J connectivity index is 1.65. The number of hydrogen-bond donors (Lipinski definition) is 1. The summed E-state index contributed by atoms with van der Waals surface area (Å²) in [6, 6.07) is 18.8. The standard InChI is InChI=1S/C22H18FN3O4S/c23-17-10-12-18(13-11-17)26-22(28)25(19-8-4-5-9-20(19)31(26,29)30)15-21(27)24-14-16-6-2-1-3-7-16/h1-13H,14-15H2,(H,24,27). The molecule has 1 N–H and O–H groups in total. The number of halogens is 1. The lowest BCUT2D eigenvalue weighted by Gasteiger charge is -2.35. The second-order valence-corrected chi connectivity index (χ2v) is 8.60. The first kappa shape index (κ1) is 20.5. The Kier molecular flexibility index (Phi) is 5.43. The van der Waals surface area contributed by atoms with Crippen molar-refractivity contribution >= 4 is 33.3 Å². The first-order valence-electron chi connectivity index (χ1n) is 9.40. The molecule has 3 aromatic carbocycles. The van der Waals surface area contributed by atoms with Crippen molar-refractivity contribution in [3.63, 3.8) is 0 Å². The van der Waals surface area contributed by atoms with Crippen LogP contribution in [0.5, 0.6) is 0 Å². The minimum atomic E-state index is -4.23. The van der Waals surface area contributed by atoms with Gasteiger partial charge < -0.3 is 5.32 Å². The number of rotatable bonds is 5. The number of nitrogens with zero attached hydrogens (tertiary/aromatic N) is 2. The number of fused-ring (bicyclic) bond motifs is 1. The van der Waals surface area contributed by atoms with E-state index in [1.807, 2.05) is 30.3 Å². The van der Waals surface area contributed by atoms with Crippen molar-refractivity contribution in [2.75, 3.05) is 15.7 Å². The lowest BCUT2D eigenvalue weighted by Crippen LogP contribution is -2.53. The van der Waals surface area contributed by atoms with E-state index in [9.17, 15) is 22.4 Å². The number of para-hydroxylation sites is 1. The first-order valence-corrected chi connectivity index (χ1v) is 10.8. The van der Waals surface area contributed by atoms with Gasteiger partial charge in [-0.3, -0.25) is 9.69 Å². The maximum atomic E-state index is 13.3. The minimum absolute atomic E-state index is 0.0180. The van der Waals surface area contributed by atoms with Gasteiger partial charge in [0.05, 0.1) is 11.4 Å². The topological polar surface area (TPSA) is 86.8 Å². The summed E-state index contributed by atoms with van der Waals surface area (Å²) in [6.45, 7) is -0.112. The Morgan fingerprint density at radius 1 is 0.903 bits per heavy atom. The second-order valence-electron chi connectivity index (χ2n) is 6.84. The molecule has 158 valence electrons. The first-order chi connectivity index (χ1) is 14.9. The molecule has 0 bridgehead atoms. The van der Waals surface area contributed by atoms with Crippen molar-refractivity contribution in [3.05, 3.63) is 90.2 Å². The zero-order valence-electron chi connectivity index (χ0n) is 16.2. The van der Waals surface area contributed by atoms with Crippen molar-refractivity contribution in [1.82, 2.24) is 5.32 Å². The van der Waals surface area contributed by atoms with Gasteiger partial charge in [0, 0.05) is 6.54 Å². The van der Waals surface area contributed by atoms with Gasteiger partial charge in [-0.2, -0.15) is 4.31 Å². The molecule has 4 rings (SSSR count). The highest BCUT2D eigenvalue weighted by molar-refractivity contribution is 7.94. The maximum absolute atomic E-state index is 13.3. The molecule has 7 nitrogen and oxygen atoms in total. The van der Waals surface area contributed by atoms with Crippen LogP contribution in [0.25, 0.3) is 0 Å². The molecule has 3 aromatic rings. The number of urea groups is 1. The Morgan fingerprint density at radius 2 is 1.55 bits per heavy atom. The Labute approximate surface area is 178 Å². The van der Waals surface area contributed by atoms with Crippen LogP contribution in [0.2, 0.25) is 0 Å². The van der Waals surface area contributed by atoms with E-state index in [1.165, 1.54) is 30.3 Å². The highest BCUT2D eigenvalue weighted by atomic mass is 32.2. The molecule has 0 unspecified atom stereocenters. The summed E-state index contributed by atoms with van der Waals surface area (Å²) < 4.78 is 40.2. The number of carbonyl (C=O) groups excluding carboxylic acids is 2. The summed E-state index contributed by atoms with van der Waals surface area (Å²) in [6.07, 6.45) is 0. The molecular weight excluding hydrogens is 421 g/mol. The van der Waals surface area contributed by atoms with Crippen LogP contribution in [-0.4, -0.2) is 26.9 Å². The molecule has 0 spiro atoms. The summed E-state index contributed by atoms with van der Waals surface area (Å²) in [5.41, 5.74) is 0.980. The van der Waals surface area contributed by atoms with Gasteiger partial charge in [0.2, 0.25) is 5.91 Å². The van der Waals surface area contributed by atoms with Gasteiger partial charge in [0.15, 0.2) is 0 Å². The number of anilines is 2. The number of amides is 3. The van der Waals surface area contributed by atoms with Crippen LogP contribution >= 0.6 is 0 Å². The van der Waals surface area contributed by atoms with E-state index in [1.54, 1.807) is 6.07 Å². The summed E-state index contributed by atoms with van der Waals surface area (Å²) >= 11 is 0. The van der Waals surface area contributed by atoms with Crippen LogP contribution in [0.15, 0.2) is 83.8 Å². The molecule has 1 aliphatic heterocycles. The highest BCUT2D eigenvalue weighted by Crippen LogP contribution is 2.36. The summed E-state index contributed by atoms with van der Waals surface area (Å²) in [5, 5.41) is 2.73. The van der Waals surface area contributed by atoms with Crippen LogP contribution in [-0.2, 0) is 21.4 Å². The van der Waals surface area contributed by atoms with Crippen LogP contribution in [0, 0.1) is 5.82 Å². The van der Waals surface area contributed by atoms with E-state index in [-0.39, 0.29) is 29.4 Å². The summed E-state index contributed by atoms with van der Waals surface area (Å²) in [5.74, 6) is -1.02. The molecule has 0 fully saturated rings. The number of hydrogen-bond acceptors (Lipinski definition) is 4. The number of carbonyl (C=O) groups is 2. The quantitative estimate of drug-likeness (QED) is 0.661. The second kappa shape index (κ2) is 8.19. The van der Waals surface area contributed by atoms with Gasteiger partial charge in [0.25, 0.3) is 10.0 Å². The van der Waals surface area contributed by atoms with Crippen molar-refractivity contribution in [3.8, 4) is 0 Å². The van der Waals surface area contributed by atoms with Crippen LogP contribution in [0.1, 0.15) is 5.56 Å². The summed E-state index contributed by atoms with van der Waals surface area (Å²) in [7, 11) is -4.23. The summed E-state index contributed by atoms with van der Waals surface area (Å²) in [4.78, 5) is 26.7. The van der Waals surface area contributed by atoms with Gasteiger partial charge >= 0.3 is 6.03 Å². The van der Waals surface area contributed by atoms with Crippen LogP contribution in [0.4, 0.5) is 20.6 Å². The molecule has 0 saturated heterocycles. The molecule has 0 saturated carbocycles. The molecule has 3 amide bonds. The van der Waals surface area contributed by atoms with Gasteiger partial charge in [-0.15, -0.1) is 0 Å². The predicted octanol–water partition coefficient (Wildman–Crippen LogP) is 3.28. The Morgan fingerprint density at radius 3 is 2.26 bits per heavy atom. The molecule has 0 radical (unpaired) electrons. The zero-order chi connectivity index (χ0) is 22.0. The average molecular weight is 439 g/mol. The molecule has 31 heavy (non-hydrogen) atoms. The Hall–Kier alpha value is -3.72.